The Labute approximate surface area is 133 Å². The number of hydrogen-bond acceptors (Lipinski definition) is 4. The second-order valence-electron chi connectivity index (χ2n) is 4.91. The first kappa shape index (κ1) is 18.0. The van der Waals surface area contributed by atoms with Gasteiger partial charge < -0.3 is 9.64 Å². The fraction of sp³-hybridized carbons (Fsp3) is 0.444. The van der Waals surface area contributed by atoms with Gasteiger partial charge in [0, 0.05) is 25.3 Å². The molecule has 120 valence electrons. The lowest BCUT2D eigenvalue weighted by molar-refractivity contribution is -0.106. The first-order valence-electron chi connectivity index (χ1n) is 7.91. The Bertz CT molecular complexity index is 488. The monoisotopic (exact) mass is 302 g/mol. The highest BCUT2D eigenvalue weighted by molar-refractivity contribution is 5.81. The first-order valence-corrected chi connectivity index (χ1v) is 7.91. The van der Waals surface area contributed by atoms with Crippen LogP contribution in [0.5, 0.6) is 0 Å². The van der Waals surface area contributed by atoms with E-state index in [4.69, 9.17) is 4.74 Å². The van der Waals surface area contributed by atoms with Crippen LogP contribution in [0.15, 0.2) is 35.0 Å². The van der Waals surface area contributed by atoms with Crippen LogP contribution >= 0.6 is 0 Å². The van der Waals surface area contributed by atoms with E-state index < -0.39 is 0 Å². The molecule has 0 amide bonds. The molecular weight excluding hydrogens is 276 g/mol. The van der Waals surface area contributed by atoms with Gasteiger partial charge in [0.1, 0.15) is 0 Å². The summed E-state index contributed by atoms with van der Waals surface area (Å²) in [5, 5.41) is 0. The molecule has 0 heterocycles. The van der Waals surface area contributed by atoms with Crippen LogP contribution in [0, 0.1) is 0 Å². The molecule has 4 heteroatoms. The van der Waals surface area contributed by atoms with Crippen LogP contribution in [0.25, 0.3) is 6.08 Å². The third-order valence-corrected chi connectivity index (χ3v) is 3.35. The zero-order valence-electron chi connectivity index (χ0n) is 13.8. The number of nitrogens with zero attached hydrogens (tertiary/aromatic N) is 2. The van der Waals surface area contributed by atoms with Crippen molar-refractivity contribution >= 4 is 24.5 Å². The molecule has 0 aromatic heterocycles. The molecule has 0 fully saturated rings. The van der Waals surface area contributed by atoms with Crippen molar-refractivity contribution < 1.29 is 9.53 Å². The lowest BCUT2D eigenvalue weighted by Gasteiger charge is -2.20. The summed E-state index contributed by atoms with van der Waals surface area (Å²) >= 11 is 0. The molecule has 0 saturated heterocycles. The van der Waals surface area contributed by atoms with Gasteiger partial charge in [-0.05, 0) is 44.0 Å². The van der Waals surface area contributed by atoms with E-state index in [-0.39, 0.29) is 5.76 Å². The molecule has 0 aliphatic carbocycles. The fourth-order valence-electron chi connectivity index (χ4n) is 2.03. The summed E-state index contributed by atoms with van der Waals surface area (Å²) in [6.45, 7) is 9.04. The van der Waals surface area contributed by atoms with Gasteiger partial charge in [0.15, 0.2) is 18.4 Å². The highest BCUT2D eigenvalue weighted by Crippen LogP contribution is 2.16. The molecule has 0 aliphatic heterocycles. The van der Waals surface area contributed by atoms with E-state index >= 15 is 0 Å². The van der Waals surface area contributed by atoms with Crippen molar-refractivity contribution in [3.8, 4) is 0 Å². The predicted molar refractivity (Wildman–Crippen MR) is 93.4 cm³/mol. The van der Waals surface area contributed by atoms with Gasteiger partial charge in [-0.1, -0.05) is 25.5 Å². The largest absolute Gasteiger partial charge is 0.443 e. The van der Waals surface area contributed by atoms with Gasteiger partial charge in [0.05, 0.1) is 0 Å². The molecule has 22 heavy (non-hydrogen) atoms. The Morgan fingerprint density at radius 3 is 2.41 bits per heavy atom. The molecule has 4 nitrogen and oxygen atoms in total. The Morgan fingerprint density at radius 2 is 1.86 bits per heavy atom. The number of carbonyl (C=O) groups is 1. The Morgan fingerprint density at radius 1 is 1.18 bits per heavy atom. The number of ether oxygens (including phenoxy) is 1. The van der Waals surface area contributed by atoms with Crippen molar-refractivity contribution in [1.82, 2.24) is 0 Å². The zero-order chi connectivity index (χ0) is 16.2. The molecule has 0 unspecified atom stereocenters. The maximum atomic E-state index is 11.0. The minimum absolute atomic E-state index is 0.260. The van der Waals surface area contributed by atoms with Gasteiger partial charge in [-0.15, -0.1) is 0 Å². The number of aldehydes is 1. The van der Waals surface area contributed by atoms with Crippen LogP contribution in [0.3, 0.4) is 0 Å². The number of rotatable bonds is 10. The van der Waals surface area contributed by atoms with Gasteiger partial charge in [0.2, 0.25) is 0 Å². The second-order valence-corrected chi connectivity index (χ2v) is 4.91. The summed E-state index contributed by atoms with van der Waals surface area (Å²) in [5.41, 5.74) is 2.11. The second kappa shape index (κ2) is 10.6. The smallest absolute Gasteiger partial charge is 0.185 e. The highest BCUT2D eigenvalue weighted by atomic mass is 16.5. The van der Waals surface area contributed by atoms with E-state index in [2.05, 4.69) is 42.8 Å². The zero-order valence-corrected chi connectivity index (χ0v) is 13.8. The normalized spacial score (nSPS) is 11.7. The molecule has 0 atom stereocenters. The number of unbranched alkanes of at least 4 members (excludes halogenated alkanes) is 1. The van der Waals surface area contributed by atoms with E-state index in [9.17, 15) is 4.79 Å². The third kappa shape index (κ3) is 6.12. The van der Waals surface area contributed by atoms with Crippen molar-refractivity contribution in [2.45, 2.75) is 33.6 Å². The minimum atomic E-state index is 0.260. The van der Waals surface area contributed by atoms with Crippen LogP contribution in [-0.4, -0.2) is 32.3 Å². The summed E-state index contributed by atoms with van der Waals surface area (Å²) in [4.78, 5) is 17.4. The maximum Gasteiger partial charge on any atom is 0.185 e. The number of hydrogen-bond donors (Lipinski definition) is 0. The number of aliphatic imine (C=N–C) groups is 1. The number of allylic oxidation sites excluding steroid dienone is 1. The third-order valence-electron chi connectivity index (χ3n) is 3.35. The van der Waals surface area contributed by atoms with E-state index in [1.807, 2.05) is 12.1 Å². The molecular formula is C18H26N2O2. The van der Waals surface area contributed by atoms with Crippen LogP contribution in [0.2, 0.25) is 0 Å². The molecule has 0 bridgehead atoms. The average molecular weight is 302 g/mol. The van der Waals surface area contributed by atoms with Gasteiger partial charge in [-0.25, -0.2) is 0 Å². The van der Waals surface area contributed by atoms with Gasteiger partial charge in [-0.3, -0.25) is 9.79 Å². The Balaban J connectivity index is 2.68. The van der Waals surface area contributed by atoms with Crippen molar-refractivity contribution in [3.05, 3.63) is 35.6 Å². The van der Waals surface area contributed by atoms with Crippen LogP contribution in [0.1, 0.15) is 39.2 Å². The molecule has 0 N–H and O–H groups in total. The van der Waals surface area contributed by atoms with Gasteiger partial charge in [-0.2, -0.15) is 0 Å². The summed E-state index contributed by atoms with van der Waals surface area (Å²) in [5.74, 6) is 0.260. The SMILES string of the molecule is CCCCN=CO/C(C=O)=C/c1ccc(N(CC)CC)cc1. The van der Waals surface area contributed by atoms with Crippen molar-refractivity contribution in [2.24, 2.45) is 4.99 Å². The quantitative estimate of drug-likeness (QED) is 0.164. The molecule has 0 radical (unpaired) electrons. The molecule has 1 aromatic carbocycles. The molecule has 1 rings (SSSR count). The Hall–Kier alpha value is -2.10. The fourth-order valence-corrected chi connectivity index (χ4v) is 2.03. The highest BCUT2D eigenvalue weighted by Gasteiger charge is 2.01. The van der Waals surface area contributed by atoms with Gasteiger partial charge in [0.25, 0.3) is 0 Å². The lowest BCUT2D eigenvalue weighted by Crippen LogP contribution is -2.21. The average Bonchev–Trinajstić information content (AvgIpc) is 2.56. The van der Waals surface area contributed by atoms with Crippen molar-refractivity contribution in [2.75, 3.05) is 24.5 Å². The number of benzene rings is 1. The number of anilines is 1. The summed E-state index contributed by atoms with van der Waals surface area (Å²) in [7, 11) is 0. The first-order chi connectivity index (χ1) is 10.7. The number of carbonyl (C=O) groups excluding carboxylic acids is 1. The Kier molecular flexibility index (Phi) is 8.65. The van der Waals surface area contributed by atoms with Crippen molar-refractivity contribution in [3.63, 3.8) is 0 Å². The van der Waals surface area contributed by atoms with E-state index in [1.54, 1.807) is 6.08 Å². The minimum Gasteiger partial charge on any atom is -0.443 e. The van der Waals surface area contributed by atoms with E-state index in [1.165, 1.54) is 12.1 Å². The van der Waals surface area contributed by atoms with E-state index in [0.29, 0.717) is 6.29 Å². The summed E-state index contributed by atoms with van der Waals surface area (Å²) in [6, 6.07) is 8.07. The van der Waals surface area contributed by atoms with E-state index in [0.717, 1.165) is 38.0 Å². The molecule has 0 spiro atoms. The van der Waals surface area contributed by atoms with Gasteiger partial charge >= 0.3 is 0 Å². The standard InChI is InChI=1S/C18H26N2O2/c1-4-7-12-19-15-22-18(14-21)13-16-8-10-17(11-9-16)20(5-2)6-3/h8-11,13-15H,4-7,12H2,1-3H3/b18-13+,19-15?. The summed E-state index contributed by atoms with van der Waals surface area (Å²) < 4.78 is 5.25. The van der Waals surface area contributed by atoms with Crippen LogP contribution in [-0.2, 0) is 9.53 Å². The predicted octanol–water partition coefficient (Wildman–Crippen LogP) is 3.92. The topological polar surface area (TPSA) is 41.9 Å². The van der Waals surface area contributed by atoms with Crippen LogP contribution in [0.4, 0.5) is 5.69 Å². The van der Waals surface area contributed by atoms with Crippen LogP contribution < -0.4 is 4.90 Å². The molecule has 0 aliphatic rings. The van der Waals surface area contributed by atoms with Crippen molar-refractivity contribution in [1.29, 1.82) is 0 Å². The lowest BCUT2D eigenvalue weighted by atomic mass is 10.1. The maximum absolute atomic E-state index is 11.0. The summed E-state index contributed by atoms with van der Waals surface area (Å²) in [6.07, 6.45) is 5.87. The molecule has 0 saturated carbocycles. The molecule has 1 aromatic rings.